The summed E-state index contributed by atoms with van der Waals surface area (Å²) in [5, 5.41) is 9.58. The Morgan fingerprint density at radius 1 is 1.17 bits per heavy atom. The first kappa shape index (κ1) is 19.1. The second-order valence-electron chi connectivity index (χ2n) is 5.85. The molecule has 3 nitrogen and oxygen atoms in total. The highest BCUT2D eigenvalue weighted by molar-refractivity contribution is 6.03. The van der Waals surface area contributed by atoms with Gasteiger partial charge in [-0.3, -0.25) is 9.69 Å². The number of Topliss-reactive ketones (excluding diaryl/α,β-unsaturated/α-hetero) is 1. The van der Waals surface area contributed by atoms with Gasteiger partial charge < -0.3 is 5.11 Å². The molecule has 0 saturated heterocycles. The van der Waals surface area contributed by atoms with Crippen molar-refractivity contribution in [2.24, 2.45) is 0 Å². The Labute approximate surface area is 142 Å². The molecule has 0 fully saturated rings. The Bertz CT molecular complexity index is 690. The number of benzene rings is 2. The molecule has 0 heterocycles. The van der Waals surface area contributed by atoms with Gasteiger partial charge in [-0.05, 0) is 57.3 Å². The van der Waals surface area contributed by atoms with Crippen LogP contribution in [0.15, 0.2) is 48.5 Å². The number of carbonyl (C=O) groups is 1. The van der Waals surface area contributed by atoms with Gasteiger partial charge in [0.2, 0.25) is 0 Å². The first-order chi connectivity index (χ1) is 10.3. The minimum absolute atomic E-state index is 0. The molecule has 0 spiro atoms. The van der Waals surface area contributed by atoms with E-state index in [-0.39, 0.29) is 29.8 Å². The van der Waals surface area contributed by atoms with Crippen LogP contribution < -0.4 is 0 Å². The number of aromatic hydroxyl groups is 1. The van der Waals surface area contributed by atoms with Crippen LogP contribution in [-0.2, 0) is 6.42 Å². The first-order valence-corrected chi connectivity index (χ1v) is 7.08. The maximum Gasteiger partial charge on any atom is 0.183 e. The summed E-state index contributed by atoms with van der Waals surface area (Å²) in [6.07, 6.45) is 0.381. The van der Waals surface area contributed by atoms with E-state index >= 15 is 0 Å². The number of carbonyl (C=O) groups excluding carboxylic acids is 1. The number of ketones is 1. The maximum absolute atomic E-state index is 13.4. The average molecular weight is 338 g/mol. The van der Waals surface area contributed by atoms with E-state index in [2.05, 4.69) is 0 Å². The molecule has 0 amide bonds. The molecule has 0 aliphatic rings. The zero-order valence-corrected chi connectivity index (χ0v) is 14.2. The van der Waals surface area contributed by atoms with E-state index in [0.29, 0.717) is 12.0 Å². The lowest BCUT2D eigenvalue weighted by molar-refractivity contribution is 0.0718. The lowest BCUT2D eigenvalue weighted by Gasteiger charge is -2.35. The predicted molar refractivity (Wildman–Crippen MR) is 91.9 cm³/mol. The van der Waals surface area contributed by atoms with Gasteiger partial charge in [-0.25, -0.2) is 4.39 Å². The molecule has 0 aliphatic carbocycles. The van der Waals surface area contributed by atoms with Crippen LogP contribution in [0.1, 0.15) is 22.8 Å². The fourth-order valence-electron chi connectivity index (χ4n) is 2.44. The van der Waals surface area contributed by atoms with Gasteiger partial charge in [0, 0.05) is 5.56 Å². The monoisotopic (exact) mass is 337 g/mol. The van der Waals surface area contributed by atoms with Crippen molar-refractivity contribution < 1.29 is 14.3 Å². The molecule has 0 bridgehead atoms. The molecule has 0 aliphatic heterocycles. The van der Waals surface area contributed by atoms with Crippen LogP contribution in [0, 0.1) is 5.82 Å². The standard InChI is InChI=1S/C18H20FNO2.ClH/c1-18(20(2)3,12-13-6-4-8-15(19)10-13)17(22)14-7-5-9-16(21)11-14;/h4-11,21H,12H2,1-3H3;1H/t18-;/m0./s1. The van der Waals surface area contributed by atoms with Crippen molar-refractivity contribution in [3.8, 4) is 5.75 Å². The van der Waals surface area contributed by atoms with E-state index in [9.17, 15) is 14.3 Å². The van der Waals surface area contributed by atoms with Crippen LogP contribution in [0.4, 0.5) is 4.39 Å². The summed E-state index contributed by atoms with van der Waals surface area (Å²) in [4.78, 5) is 14.7. The zero-order valence-electron chi connectivity index (χ0n) is 13.4. The number of hydrogen-bond acceptors (Lipinski definition) is 3. The van der Waals surface area contributed by atoms with Gasteiger partial charge in [-0.2, -0.15) is 0 Å². The molecule has 0 aromatic heterocycles. The van der Waals surface area contributed by atoms with Crippen molar-refractivity contribution in [1.29, 1.82) is 0 Å². The van der Waals surface area contributed by atoms with E-state index in [4.69, 9.17) is 0 Å². The van der Waals surface area contributed by atoms with Gasteiger partial charge in [0.05, 0.1) is 5.54 Å². The van der Waals surface area contributed by atoms with Crippen molar-refractivity contribution in [2.75, 3.05) is 14.1 Å². The zero-order chi connectivity index (χ0) is 16.3. The first-order valence-electron chi connectivity index (χ1n) is 7.08. The molecule has 23 heavy (non-hydrogen) atoms. The van der Waals surface area contributed by atoms with Crippen molar-refractivity contribution in [2.45, 2.75) is 18.9 Å². The smallest absolute Gasteiger partial charge is 0.183 e. The number of rotatable bonds is 5. The third-order valence-electron chi connectivity index (χ3n) is 4.02. The van der Waals surface area contributed by atoms with E-state index in [1.165, 1.54) is 24.3 Å². The van der Waals surface area contributed by atoms with Crippen molar-refractivity contribution >= 4 is 18.2 Å². The van der Waals surface area contributed by atoms with Gasteiger partial charge >= 0.3 is 0 Å². The summed E-state index contributed by atoms with van der Waals surface area (Å²) in [5.74, 6) is -0.376. The molecule has 5 heteroatoms. The third-order valence-corrected chi connectivity index (χ3v) is 4.02. The largest absolute Gasteiger partial charge is 0.508 e. The topological polar surface area (TPSA) is 40.5 Å². The van der Waals surface area contributed by atoms with Gasteiger partial charge in [0.15, 0.2) is 5.78 Å². The quantitative estimate of drug-likeness (QED) is 0.846. The number of phenolic OH excluding ortho intramolecular Hbond substituents is 1. The van der Waals surface area contributed by atoms with Crippen molar-refractivity contribution in [3.05, 3.63) is 65.5 Å². The second-order valence-corrected chi connectivity index (χ2v) is 5.85. The molecule has 0 unspecified atom stereocenters. The lowest BCUT2D eigenvalue weighted by atomic mass is 9.84. The molecule has 1 atom stereocenters. The van der Waals surface area contributed by atoms with Crippen molar-refractivity contribution in [3.63, 3.8) is 0 Å². The van der Waals surface area contributed by atoms with E-state index < -0.39 is 5.54 Å². The normalized spacial score (nSPS) is 13.3. The Kier molecular flexibility index (Phi) is 6.30. The van der Waals surface area contributed by atoms with Gasteiger partial charge in [0.25, 0.3) is 0 Å². The summed E-state index contributed by atoms with van der Waals surface area (Å²) >= 11 is 0. The van der Waals surface area contributed by atoms with Gasteiger partial charge in [0.1, 0.15) is 11.6 Å². The Balaban J connectivity index is 0.00000264. The Hall–Kier alpha value is -1.91. The molecule has 2 rings (SSSR count). The highest BCUT2D eigenvalue weighted by atomic mass is 35.5. The molecule has 0 saturated carbocycles. The minimum Gasteiger partial charge on any atom is -0.508 e. The van der Waals surface area contributed by atoms with E-state index in [1.807, 2.05) is 25.9 Å². The number of hydrogen-bond donors (Lipinski definition) is 1. The van der Waals surface area contributed by atoms with E-state index in [1.54, 1.807) is 24.3 Å². The van der Waals surface area contributed by atoms with E-state index in [0.717, 1.165) is 5.56 Å². The second kappa shape index (κ2) is 7.57. The van der Waals surface area contributed by atoms with Crippen LogP contribution >= 0.6 is 12.4 Å². The number of likely N-dealkylation sites (N-methyl/N-ethyl adjacent to an activating group) is 1. The highest BCUT2D eigenvalue weighted by Gasteiger charge is 2.36. The molecule has 2 aromatic rings. The summed E-state index contributed by atoms with van der Waals surface area (Å²) < 4.78 is 13.4. The highest BCUT2D eigenvalue weighted by Crippen LogP contribution is 2.25. The predicted octanol–water partition coefficient (Wildman–Crippen LogP) is 3.70. The summed E-state index contributed by atoms with van der Waals surface area (Å²) in [6, 6.07) is 12.6. The number of halogens is 2. The summed E-state index contributed by atoms with van der Waals surface area (Å²) in [7, 11) is 3.64. The fourth-order valence-corrected chi connectivity index (χ4v) is 2.44. The van der Waals surface area contributed by atoms with Crippen LogP contribution in [0.25, 0.3) is 0 Å². The molecular weight excluding hydrogens is 317 g/mol. The third kappa shape index (κ3) is 4.30. The van der Waals surface area contributed by atoms with Gasteiger partial charge in [-0.1, -0.05) is 24.3 Å². The Morgan fingerprint density at radius 2 is 1.83 bits per heavy atom. The maximum atomic E-state index is 13.4. The SMILES string of the molecule is CN(C)[C@@](C)(Cc1cccc(F)c1)C(=O)c1cccc(O)c1.Cl. The Morgan fingerprint density at radius 3 is 2.39 bits per heavy atom. The molecule has 1 N–H and O–H groups in total. The van der Waals surface area contributed by atoms with Crippen molar-refractivity contribution in [1.82, 2.24) is 4.90 Å². The molecular formula is C18H21ClFNO2. The number of nitrogens with zero attached hydrogens (tertiary/aromatic N) is 1. The van der Waals surface area contributed by atoms with Crippen LogP contribution in [-0.4, -0.2) is 35.4 Å². The molecule has 2 aromatic carbocycles. The fraction of sp³-hybridized carbons (Fsp3) is 0.278. The summed E-state index contributed by atoms with van der Waals surface area (Å²) in [6.45, 7) is 1.82. The van der Waals surface area contributed by atoms with Crippen LogP contribution in [0.3, 0.4) is 0 Å². The average Bonchev–Trinajstić information content (AvgIpc) is 2.46. The number of phenols is 1. The van der Waals surface area contributed by atoms with Crippen LogP contribution in [0.2, 0.25) is 0 Å². The van der Waals surface area contributed by atoms with Gasteiger partial charge in [-0.15, -0.1) is 12.4 Å². The molecule has 0 radical (unpaired) electrons. The summed E-state index contributed by atoms with van der Waals surface area (Å²) in [5.41, 5.74) is 0.360. The molecule has 124 valence electrons. The minimum atomic E-state index is -0.832. The van der Waals surface area contributed by atoms with Crippen LogP contribution in [0.5, 0.6) is 5.75 Å². The lowest BCUT2D eigenvalue weighted by Crippen LogP contribution is -2.50.